The van der Waals surface area contributed by atoms with E-state index in [9.17, 15) is 0 Å². The van der Waals surface area contributed by atoms with Gasteiger partial charge >= 0.3 is 0 Å². The van der Waals surface area contributed by atoms with E-state index in [4.69, 9.17) is 0 Å². The summed E-state index contributed by atoms with van der Waals surface area (Å²) in [4.78, 5) is 0. The van der Waals surface area contributed by atoms with Crippen LogP contribution in [0.5, 0.6) is 0 Å². The molecule has 0 heteroatoms. The van der Waals surface area contributed by atoms with E-state index in [0.29, 0.717) is 5.92 Å². The highest BCUT2D eigenvalue weighted by Crippen LogP contribution is 2.54. The summed E-state index contributed by atoms with van der Waals surface area (Å²) in [5, 5.41) is 10.5. The number of hydrogen-bond donors (Lipinski definition) is 0. The molecule has 0 radical (unpaired) electrons. The SMILES string of the molecule is CCC1C2=C(C=CCC2)c2cccc(-c3c4ccccc4c(-c4cc5ccccc5c5ccccc45)c4ccccc34)c21. The predicted octanol–water partition coefficient (Wildman–Crippen LogP) is 12.2. The van der Waals surface area contributed by atoms with Gasteiger partial charge in [0, 0.05) is 5.92 Å². The summed E-state index contributed by atoms with van der Waals surface area (Å²) in [5.74, 6) is 0.479. The molecule has 0 bridgehead atoms. The van der Waals surface area contributed by atoms with Gasteiger partial charge < -0.3 is 0 Å². The largest absolute Gasteiger partial charge is 0.0836 e. The highest BCUT2D eigenvalue weighted by atomic mass is 14.4. The van der Waals surface area contributed by atoms with Crippen molar-refractivity contribution in [3.8, 4) is 22.3 Å². The molecule has 0 fully saturated rings. The third-order valence-electron chi connectivity index (χ3n) is 10.0. The summed E-state index contributed by atoms with van der Waals surface area (Å²) in [5.41, 5.74) is 11.5. The van der Waals surface area contributed by atoms with Crippen molar-refractivity contribution in [2.45, 2.75) is 32.1 Å². The Balaban J connectivity index is 1.42. The van der Waals surface area contributed by atoms with E-state index in [1.165, 1.54) is 88.5 Å². The van der Waals surface area contributed by atoms with Crippen LogP contribution in [0.3, 0.4) is 0 Å². The normalized spacial score (nSPS) is 16.0. The van der Waals surface area contributed by atoms with Gasteiger partial charge in [0.25, 0.3) is 0 Å². The average Bonchev–Trinajstić information content (AvgIpc) is 3.41. The Hall–Kier alpha value is -4.94. The maximum absolute atomic E-state index is 2.42. The fraction of sp³-hybridized carbons (Fsp3) is 0.116. The molecular formula is C43H32. The molecule has 0 saturated carbocycles. The van der Waals surface area contributed by atoms with Gasteiger partial charge in [-0.15, -0.1) is 0 Å². The van der Waals surface area contributed by atoms with Gasteiger partial charge in [-0.2, -0.15) is 0 Å². The van der Waals surface area contributed by atoms with Crippen LogP contribution < -0.4 is 0 Å². The van der Waals surface area contributed by atoms with Crippen molar-refractivity contribution in [3.05, 3.63) is 150 Å². The van der Waals surface area contributed by atoms with Crippen molar-refractivity contribution in [1.82, 2.24) is 0 Å². The smallest absolute Gasteiger partial charge is 0.00672 e. The molecule has 0 N–H and O–H groups in total. The number of fused-ring (bicyclic) bond motifs is 7. The molecule has 1 unspecified atom stereocenters. The fourth-order valence-corrected chi connectivity index (χ4v) is 8.29. The van der Waals surface area contributed by atoms with Gasteiger partial charge in [0.2, 0.25) is 0 Å². The van der Waals surface area contributed by atoms with Crippen molar-refractivity contribution in [2.24, 2.45) is 0 Å². The van der Waals surface area contributed by atoms with Crippen LogP contribution in [-0.4, -0.2) is 0 Å². The van der Waals surface area contributed by atoms with E-state index in [2.05, 4.69) is 140 Å². The third-order valence-corrected chi connectivity index (χ3v) is 10.0. The number of hydrogen-bond acceptors (Lipinski definition) is 0. The lowest BCUT2D eigenvalue weighted by Crippen LogP contribution is -2.01. The zero-order valence-electron chi connectivity index (χ0n) is 24.4. The van der Waals surface area contributed by atoms with Crippen LogP contribution in [0.15, 0.2) is 139 Å². The first-order valence-electron chi connectivity index (χ1n) is 15.7. The van der Waals surface area contributed by atoms with Crippen molar-refractivity contribution in [1.29, 1.82) is 0 Å². The van der Waals surface area contributed by atoms with Crippen LogP contribution in [0, 0.1) is 0 Å². The molecular weight excluding hydrogens is 516 g/mol. The Morgan fingerprint density at radius 1 is 0.535 bits per heavy atom. The summed E-state index contributed by atoms with van der Waals surface area (Å²) >= 11 is 0. The number of benzene rings is 7. The molecule has 9 rings (SSSR count). The molecule has 0 heterocycles. The van der Waals surface area contributed by atoms with Crippen molar-refractivity contribution in [2.75, 3.05) is 0 Å². The molecule has 2 aliphatic carbocycles. The third kappa shape index (κ3) is 3.50. The lowest BCUT2D eigenvalue weighted by Gasteiger charge is -2.23. The molecule has 0 amide bonds. The molecule has 0 saturated heterocycles. The molecule has 2 aliphatic rings. The Kier molecular flexibility index (Phi) is 5.47. The molecule has 0 nitrogen and oxygen atoms in total. The lowest BCUT2D eigenvalue weighted by atomic mass is 9.80. The first-order valence-corrected chi connectivity index (χ1v) is 15.7. The van der Waals surface area contributed by atoms with Crippen LogP contribution in [0.2, 0.25) is 0 Å². The predicted molar refractivity (Wildman–Crippen MR) is 186 cm³/mol. The molecule has 0 aliphatic heterocycles. The lowest BCUT2D eigenvalue weighted by molar-refractivity contribution is 0.732. The highest BCUT2D eigenvalue weighted by molar-refractivity contribution is 6.26. The zero-order chi connectivity index (χ0) is 28.5. The quantitative estimate of drug-likeness (QED) is 0.152. The van der Waals surface area contributed by atoms with E-state index < -0.39 is 0 Å². The van der Waals surface area contributed by atoms with E-state index in [0.717, 1.165) is 12.8 Å². The summed E-state index contributed by atoms with van der Waals surface area (Å²) in [6, 6.07) is 45.5. The van der Waals surface area contributed by atoms with Crippen molar-refractivity contribution >= 4 is 48.7 Å². The summed E-state index contributed by atoms with van der Waals surface area (Å²) < 4.78 is 0. The first kappa shape index (κ1) is 24.6. The van der Waals surface area contributed by atoms with Crippen molar-refractivity contribution in [3.63, 3.8) is 0 Å². The van der Waals surface area contributed by atoms with E-state index in [1.54, 1.807) is 5.57 Å². The minimum absolute atomic E-state index is 0.479. The van der Waals surface area contributed by atoms with Gasteiger partial charge in [0.05, 0.1) is 0 Å². The summed E-state index contributed by atoms with van der Waals surface area (Å²) in [6.07, 6.45) is 8.21. The van der Waals surface area contributed by atoms with E-state index in [-0.39, 0.29) is 0 Å². The van der Waals surface area contributed by atoms with Crippen LogP contribution >= 0.6 is 0 Å². The van der Waals surface area contributed by atoms with Crippen LogP contribution in [0.4, 0.5) is 0 Å². The zero-order valence-corrected chi connectivity index (χ0v) is 24.4. The molecule has 43 heavy (non-hydrogen) atoms. The molecule has 7 aromatic rings. The Labute approximate surface area is 252 Å². The minimum atomic E-state index is 0.479. The van der Waals surface area contributed by atoms with Gasteiger partial charge in [-0.25, -0.2) is 0 Å². The van der Waals surface area contributed by atoms with E-state index in [1.807, 2.05) is 0 Å². The molecule has 204 valence electrons. The van der Waals surface area contributed by atoms with Gasteiger partial charge in [0.15, 0.2) is 0 Å². The van der Waals surface area contributed by atoms with Crippen LogP contribution in [0.25, 0.3) is 70.9 Å². The topological polar surface area (TPSA) is 0 Å². The number of allylic oxidation sites excluding steroid dienone is 4. The summed E-state index contributed by atoms with van der Waals surface area (Å²) in [6.45, 7) is 2.36. The van der Waals surface area contributed by atoms with Crippen LogP contribution in [0.1, 0.15) is 43.2 Å². The fourth-order valence-electron chi connectivity index (χ4n) is 8.29. The summed E-state index contributed by atoms with van der Waals surface area (Å²) in [7, 11) is 0. The standard InChI is InChI=1S/C43H32/c1-2-28-30-16-5-7-18-32(30)34-24-13-25-39(41(28)34)42-35-20-9-11-22-37(35)43(38-23-12-10-21-36(38)42)40-26-27-14-3-4-15-29(27)31-17-6-8-19-33(31)40/h3-4,6-15,17-26,28H,2,5,16H2,1H3. The Bertz CT molecular complexity index is 2270. The maximum atomic E-state index is 2.42. The van der Waals surface area contributed by atoms with Crippen LogP contribution in [-0.2, 0) is 0 Å². The van der Waals surface area contributed by atoms with Gasteiger partial charge in [-0.1, -0.05) is 140 Å². The van der Waals surface area contributed by atoms with Gasteiger partial charge in [-0.05, 0) is 107 Å². The molecule has 1 atom stereocenters. The highest BCUT2D eigenvalue weighted by Gasteiger charge is 2.33. The van der Waals surface area contributed by atoms with Gasteiger partial charge in [-0.3, -0.25) is 0 Å². The second kappa shape index (κ2) is 9.54. The second-order valence-electron chi connectivity index (χ2n) is 12.1. The first-order chi connectivity index (χ1) is 21.3. The Morgan fingerprint density at radius 3 is 1.77 bits per heavy atom. The number of rotatable bonds is 3. The monoisotopic (exact) mass is 548 g/mol. The maximum Gasteiger partial charge on any atom is 0.00672 e. The molecule has 0 aromatic heterocycles. The minimum Gasteiger partial charge on any atom is -0.0836 e. The molecule has 0 spiro atoms. The van der Waals surface area contributed by atoms with E-state index >= 15 is 0 Å². The van der Waals surface area contributed by atoms with Gasteiger partial charge in [0.1, 0.15) is 0 Å². The second-order valence-corrected chi connectivity index (χ2v) is 12.1. The Morgan fingerprint density at radius 2 is 1.09 bits per heavy atom. The average molecular weight is 549 g/mol. The van der Waals surface area contributed by atoms with Crippen molar-refractivity contribution < 1.29 is 0 Å². The molecule has 7 aromatic carbocycles.